The maximum Gasteiger partial charge on any atom is 0.385 e. The molecule has 94 valence electrons. The largest absolute Gasteiger partial charge is 0.459 e. The molecule has 21 heavy (non-hydrogen) atoms. The van der Waals surface area contributed by atoms with Gasteiger partial charge in [0.15, 0.2) is 0 Å². The van der Waals surface area contributed by atoms with Gasteiger partial charge in [0.05, 0.1) is 7.11 Å². The van der Waals surface area contributed by atoms with E-state index in [2.05, 4.69) is 99.5 Å². The lowest BCUT2D eigenvalue weighted by Crippen LogP contribution is -1.93. The molecule has 0 unspecified atom stereocenters. The Labute approximate surface area is 125 Å². The molecule has 0 spiro atoms. The summed E-state index contributed by atoms with van der Waals surface area (Å²) in [6, 6.07) is 0. The lowest BCUT2D eigenvalue weighted by Gasteiger charge is -1.80. The average Bonchev–Trinajstić information content (AvgIpc) is 2.50. The van der Waals surface area contributed by atoms with E-state index < -0.39 is 5.97 Å². The quantitative estimate of drug-likeness (QED) is 0.356. The number of rotatable bonds is 0. The topological polar surface area (TPSA) is 26.3 Å². The van der Waals surface area contributed by atoms with Crippen molar-refractivity contribution in [2.45, 2.75) is 6.92 Å². The highest BCUT2D eigenvalue weighted by molar-refractivity contribution is 5.88. The van der Waals surface area contributed by atoms with Crippen LogP contribution in [0.5, 0.6) is 0 Å². The third-order valence-electron chi connectivity index (χ3n) is 1.29. The van der Waals surface area contributed by atoms with E-state index in [0.717, 1.165) is 0 Å². The van der Waals surface area contributed by atoms with Gasteiger partial charge in [0, 0.05) is 5.92 Å². The van der Waals surface area contributed by atoms with E-state index in [1.165, 1.54) is 7.11 Å². The minimum absolute atomic E-state index is 0.653. The molecule has 0 radical (unpaired) electrons. The van der Waals surface area contributed by atoms with Crippen LogP contribution in [0.2, 0.25) is 0 Å². The Balaban J connectivity index is 4.35. The first-order valence-electron chi connectivity index (χ1n) is 5.32. The molecule has 0 N–H and O–H groups in total. The minimum Gasteiger partial charge on any atom is -0.459 e. The second-order valence-electron chi connectivity index (χ2n) is 2.62. The third kappa shape index (κ3) is 13.9. The molecule has 2 nitrogen and oxygen atoms in total. The Morgan fingerprint density at radius 3 is 1.29 bits per heavy atom. The second-order valence-corrected chi connectivity index (χ2v) is 2.62. The highest BCUT2D eigenvalue weighted by Gasteiger charge is 1.85. The third-order valence-corrected chi connectivity index (χ3v) is 1.29. The molecular formula is C19H6O2. The van der Waals surface area contributed by atoms with E-state index in [0.29, 0.717) is 0 Å². The first kappa shape index (κ1) is 16.9. The zero-order valence-corrected chi connectivity index (χ0v) is 11.3. The summed E-state index contributed by atoms with van der Waals surface area (Å²) >= 11 is 0. The summed E-state index contributed by atoms with van der Waals surface area (Å²) in [6.07, 6.45) is 0. The van der Waals surface area contributed by atoms with Crippen LogP contribution in [0.25, 0.3) is 0 Å². The molecule has 0 aromatic carbocycles. The molecule has 0 bridgehead atoms. The van der Waals surface area contributed by atoms with E-state index in [9.17, 15) is 4.79 Å². The minimum atomic E-state index is -0.653. The van der Waals surface area contributed by atoms with Gasteiger partial charge in [-0.15, -0.1) is 0 Å². The van der Waals surface area contributed by atoms with E-state index in [1.54, 1.807) is 6.92 Å². The number of hydrogen-bond donors (Lipinski definition) is 0. The first-order valence-corrected chi connectivity index (χ1v) is 5.32. The molecule has 0 heterocycles. The second kappa shape index (κ2) is 14.0. The average molecular weight is 266 g/mol. The van der Waals surface area contributed by atoms with Gasteiger partial charge in [-0.3, -0.25) is 0 Å². The van der Waals surface area contributed by atoms with Crippen molar-refractivity contribution in [1.29, 1.82) is 0 Å². The first-order chi connectivity index (χ1) is 10.3. The van der Waals surface area contributed by atoms with Crippen molar-refractivity contribution in [2.24, 2.45) is 0 Å². The van der Waals surface area contributed by atoms with Gasteiger partial charge >= 0.3 is 5.97 Å². The summed E-state index contributed by atoms with van der Waals surface area (Å²) in [7, 11) is 1.23. The van der Waals surface area contributed by atoms with Crippen LogP contribution < -0.4 is 0 Å². The standard InChI is InChI=1S/C19H6O2/c1-3-4-5-6-7-8-9-10-11-12-13-14-15-16-17-18-19(20)21-2/h1-2H3. The smallest absolute Gasteiger partial charge is 0.385 e. The van der Waals surface area contributed by atoms with E-state index in [1.807, 2.05) is 0 Å². The Kier molecular flexibility index (Phi) is 11.3. The predicted molar refractivity (Wildman–Crippen MR) is 79.9 cm³/mol. The highest BCUT2D eigenvalue weighted by Crippen LogP contribution is 1.66. The molecule has 0 saturated heterocycles. The Bertz CT molecular complexity index is 887. The van der Waals surface area contributed by atoms with Crippen molar-refractivity contribution in [3.63, 3.8) is 0 Å². The molecule has 0 fully saturated rings. The molecule has 0 aromatic heterocycles. The summed E-state index contributed by atoms with van der Waals surface area (Å²) in [5, 5.41) is 0. The van der Waals surface area contributed by atoms with Gasteiger partial charge in [0.25, 0.3) is 0 Å². The number of esters is 1. The van der Waals surface area contributed by atoms with Crippen molar-refractivity contribution in [3.05, 3.63) is 0 Å². The fourth-order valence-corrected chi connectivity index (χ4v) is 0.571. The van der Waals surface area contributed by atoms with Gasteiger partial charge in [-0.05, 0) is 89.8 Å². The number of carbonyl (C=O) groups is 1. The lowest BCUT2D eigenvalue weighted by atomic mass is 10.5. The lowest BCUT2D eigenvalue weighted by molar-refractivity contribution is -0.133. The van der Waals surface area contributed by atoms with Crippen LogP contribution in [0.1, 0.15) is 6.92 Å². The van der Waals surface area contributed by atoms with Crippen molar-refractivity contribution >= 4 is 5.97 Å². The van der Waals surface area contributed by atoms with Crippen LogP contribution in [0.4, 0.5) is 0 Å². The van der Waals surface area contributed by atoms with Crippen LogP contribution in [0, 0.1) is 94.7 Å². The number of ether oxygens (including phenoxy) is 1. The monoisotopic (exact) mass is 266 g/mol. The zero-order chi connectivity index (χ0) is 15.6. The van der Waals surface area contributed by atoms with Crippen LogP contribution in [-0.4, -0.2) is 13.1 Å². The van der Waals surface area contributed by atoms with Crippen molar-refractivity contribution in [2.75, 3.05) is 7.11 Å². The molecule has 2 heteroatoms. The van der Waals surface area contributed by atoms with Gasteiger partial charge in [0.1, 0.15) is 0 Å². The van der Waals surface area contributed by atoms with Gasteiger partial charge in [-0.1, -0.05) is 5.92 Å². The Hall–Kier alpha value is -4.05. The molecule has 0 aromatic rings. The van der Waals surface area contributed by atoms with Crippen LogP contribution in [0.15, 0.2) is 0 Å². The zero-order valence-electron chi connectivity index (χ0n) is 11.3. The molecular weight excluding hydrogens is 260 g/mol. The van der Waals surface area contributed by atoms with Gasteiger partial charge in [0.2, 0.25) is 0 Å². The molecule has 0 atom stereocenters. The molecule has 0 aliphatic rings. The molecule has 0 rings (SSSR count). The van der Waals surface area contributed by atoms with Gasteiger partial charge in [-0.25, -0.2) is 4.79 Å². The van der Waals surface area contributed by atoms with Crippen LogP contribution in [-0.2, 0) is 9.53 Å². The molecule has 0 amide bonds. The highest BCUT2D eigenvalue weighted by atomic mass is 16.5. The number of carbonyl (C=O) groups excluding carboxylic acids is 1. The van der Waals surface area contributed by atoms with E-state index >= 15 is 0 Å². The summed E-state index contributed by atoms with van der Waals surface area (Å²) in [5.74, 6) is 38.4. The molecule has 0 aliphatic heterocycles. The molecule has 0 aliphatic carbocycles. The van der Waals surface area contributed by atoms with Gasteiger partial charge < -0.3 is 4.74 Å². The summed E-state index contributed by atoms with van der Waals surface area (Å²) < 4.78 is 4.29. The fraction of sp³-hybridized carbons (Fsp3) is 0.105. The van der Waals surface area contributed by atoms with Crippen LogP contribution in [0.3, 0.4) is 0 Å². The molecule has 0 saturated carbocycles. The Morgan fingerprint density at radius 2 is 0.952 bits per heavy atom. The SMILES string of the molecule is CC#CC#CC#CC#CC#CC#CC#CC#CC(=O)OC. The van der Waals surface area contributed by atoms with E-state index in [-0.39, 0.29) is 0 Å². The number of methoxy groups -OCH3 is 1. The van der Waals surface area contributed by atoms with Crippen molar-refractivity contribution < 1.29 is 9.53 Å². The normalized spacial score (nSPS) is 4.67. The van der Waals surface area contributed by atoms with Gasteiger partial charge in [-0.2, -0.15) is 0 Å². The van der Waals surface area contributed by atoms with Crippen molar-refractivity contribution in [1.82, 2.24) is 0 Å². The summed E-state index contributed by atoms with van der Waals surface area (Å²) in [4.78, 5) is 10.6. The summed E-state index contributed by atoms with van der Waals surface area (Å²) in [5.41, 5.74) is 0. The van der Waals surface area contributed by atoms with E-state index in [4.69, 9.17) is 0 Å². The maximum absolute atomic E-state index is 10.6. The maximum atomic E-state index is 10.6. The fourth-order valence-electron chi connectivity index (χ4n) is 0.571. The Morgan fingerprint density at radius 1 is 0.619 bits per heavy atom. The van der Waals surface area contributed by atoms with Crippen LogP contribution >= 0.6 is 0 Å². The van der Waals surface area contributed by atoms with Crippen molar-refractivity contribution in [3.8, 4) is 94.7 Å². The predicted octanol–water partition coefficient (Wildman–Crippen LogP) is 0.207. The summed E-state index contributed by atoms with van der Waals surface area (Å²) in [6.45, 7) is 1.69. The number of hydrogen-bond acceptors (Lipinski definition) is 2.